The normalized spacial score (nSPS) is 10.2. The Kier molecular flexibility index (Phi) is 5.64. The number of ether oxygens (including phenoxy) is 1. The minimum Gasteiger partial charge on any atom is -0.497 e. The van der Waals surface area contributed by atoms with Gasteiger partial charge in [0.25, 0.3) is 11.8 Å². The maximum absolute atomic E-state index is 13.7. The van der Waals surface area contributed by atoms with Gasteiger partial charge in [-0.15, -0.1) is 0 Å². The zero-order chi connectivity index (χ0) is 20.1. The van der Waals surface area contributed by atoms with Crippen LogP contribution in [0, 0.1) is 11.6 Å². The van der Waals surface area contributed by atoms with Gasteiger partial charge in [0.1, 0.15) is 23.1 Å². The fourth-order valence-corrected chi connectivity index (χ4v) is 2.51. The first kappa shape index (κ1) is 19.0. The lowest BCUT2D eigenvalue weighted by molar-refractivity contribution is 0.102. The number of benzene rings is 3. The Hall–Kier alpha value is -3.74. The Morgan fingerprint density at radius 3 is 2.00 bits per heavy atom. The zero-order valence-electron chi connectivity index (χ0n) is 14.8. The van der Waals surface area contributed by atoms with Gasteiger partial charge >= 0.3 is 0 Å². The van der Waals surface area contributed by atoms with E-state index in [0.29, 0.717) is 11.4 Å². The van der Waals surface area contributed by atoms with Crippen LogP contribution in [0.5, 0.6) is 5.75 Å². The van der Waals surface area contributed by atoms with Crippen molar-refractivity contribution in [3.8, 4) is 5.75 Å². The molecule has 3 rings (SSSR count). The van der Waals surface area contributed by atoms with Crippen LogP contribution in [0.4, 0.5) is 20.2 Å². The lowest BCUT2D eigenvalue weighted by Crippen LogP contribution is -2.16. The monoisotopic (exact) mass is 382 g/mol. The second-order valence-corrected chi connectivity index (χ2v) is 5.82. The summed E-state index contributed by atoms with van der Waals surface area (Å²) in [6, 6.07) is 15.9. The van der Waals surface area contributed by atoms with Gasteiger partial charge in [0.2, 0.25) is 0 Å². The molecule has 3 aromatic carbocycles. The molecule has 0 unspecified atom stereocenters. The fraction of sp³-hybridized carbons (Fsp3) is 0.0476. The first-order chi connectivity index (χ1) is 13.5. The molecule has 0 bridgehead atoms. The summed E-state index contributed by atoms with van der Waals surface area (Å²) in [6.45, 7) is 0. The van der Waals surface area contributed by atoms with Crippen LogP contribution in [-0.2, 0) is 0 Å². The summed E-state index contributed by atoms with van der Waals surface area (Å²) in [5.74, 6) is -2.38. The van der Waals surface area contributed by atoms with E-state index in [2.05, 4.69) is 10.6 Å². The molecule has 5 nitrogen and oxygen atoms in total. The number of hydrogen-bond acceptors (Lipinski definition) is 3. The number of nitrogens with one attached hydrogen (secondary N) is 2. The number of halogens is 2. The number of anilines is 2. The van der Waals surface area contributed by atoms with Gasteiger partial charge < -0.3 is 15.4 Å². The average molecular weight is 382 g/mol. The molecule has 0 saturated carbocycles. The summed E-state index contributed by atoms with van der Waals surface area (Å²) >= 11 is 0. The molecule has 2 N–H and O–H groups in total. The largest absolute Gasteiger partial charge is 0.497 e. The molecule has 0 aliphatic heterocycles. The molecule has 0 saturated heterocycles. The van der Waals surface area contributed by atoms with Gasteiger partial charge in [-0.1, -0.05) is 18.2 Å². The second kappa shape index (κ2) is 8.30. The van der Waals surface area contributed by atoms with Crippen LogP contribution in [0.15, 0.2) is 66.7 Å². The van der Waals surface area contributed by atoms with E-state index in [1.54, 1.807) is 24.3 Å². The third-order valence-electron chi connectivity index (χ3n) is 3.92. The number of carbonyl (C=O) groups excluding carboxylic acids is 2. The van der Waals surface area contributed by atoms with Crippen LogP contribution >= 0.6 is 0 Å². The van der Waals surface area contributed by atoms with Crippen molar-refractivity contribution in [2.24, 2.45) is 0 Å². The average Bonchev–Trinajstić information content (AvgIpc) is 2.71. The Labute approximate surface area is 160 Å². The molecular formula is C21H16F2N2O3. The van der Waals surface area contributed by atoms with E-state index in [-0.39, 0.29) is 11.1 Å². The van der Waals surface area contributed by atoms with Crippen molar-refractivity contribution in [3.05, 3.63) is 89.5 Å². The molecule has 0 spiro atoms. The van der Waals surface area contributed by atoms with Crippen LogP contribution in [0.1, 0.15) is 20.7 Å². The molecule has 7 heteroatoms. The van der Waals surface area contributed by atoms with E-state index in [1.165, 1.54) is 37.4 Å². The van der Waals surface area contributed by atoms with Gasteiger partial charge in [-0.3, -0.25) is 9.59 Å². The van der Waals surface area contributed by atoms with Gasteiger partial charge in [-0.2, -0.15) is 0 Å². The van der Waals surface area contributed by atoms with Crippen molar-refractivity contribution in [1.29, 1.82) is 0 Å². The van der Waals surface area contributed by atoms with Crippen LogP contribution in [-0.4, -0.2) is 18.9 Å². The third-order valence-corrected chi connectivity index (χ3v) is 3.92. The van der Waals surface area contributed by atoms with E-state index in [0.717, 1.165) is 12.1 Å². The first-order valence-corrected chi connectivity index (χ1v) is 8.29. The number of carbonyl (C=O) groups is 2. The van der Waals surface area contributed by atoms with E-state index in [1.807, 2.05) is 0 Å². The highest BCUT2D eigenvalue weighted by molar-refractivity contribution is 6.08. The van der Waals surface area contributed by atoms with Crippen LogP contribution in [0.3, 0.4) is 0 Å². The molecular weight excluding hydrogens is 366 g/mol. The minimum atomic E-state index is -0.889. The highest BCUT2D eigenvalue weighted by Crippen LogP contribution is 2.20. The minimum absolute atomic E-state index is 0.0842. The van der Waals surface area contributed by atoms with Gasteiger partial charge in [-0.25, -0.2) is 8.78 Å². The summed E-state index contributed by atoms with van der Waals surface area (Å²) in [4.78, 5) is 24.8. The highest BCUT2D eigenvalue weighted by Gasteiger charge is 2.15. The van der Waals surface area contributed by atoms with Crippen LogP contribution < -0.4 is 15.4 Å². The summed E-state index contributed by atoms with van der Waals surface area (Å²) in [7, 11) is 1.52. The lowest BCUT2D eigenvalue weighted by Gasteiger charge is -2.10. The summed E-state index contributed by atoms with van der Waals surface area (Å²) < 4.78 is 32.5. The number of rotatable bonds is 5. The van der Waals surface area contributed by atoms with E-state index in [4.69, 9.17) is 4.74 Å². The molecule has 0 radical (unpaired) electrons. The Bertz CT molecular complexity index is 1020. The number of para-hydroxylation sites is 1. The first-order valence-electron chi connectivity index (χ1n) is 8.29. The molecule has 2 amide bonds. The van der Waals surface area contributed by atoms with Crippen molar-refractivity contribution in [1.82, 2.24) is 0 Å². The highest BCUT2D eigenvalue weighted by atomic mass is 19.1. The molecule has 0 heterocycles. The predicted octanol–water partition coefficient (Wildman–Crippen LogP) is 4.48. The van der Waals surface area contributed by atoms with Crippen LogP contribution in [0.2, 0.25) is 0 Å². The van der Waals surface area contributed by atoms with Gasteiger partial charge in [0, 0.05) is 22.9 Å². The number of methoxy groups -OCH3 is 1. The maximum atomic E-state index is 13.7. The zero-order valence-corrected chi connectivity index (χ0v) is 14.8. The van der Waals surface area contributed by atoms with E-state index >= 15 is 0 Å². The molecule has 142 valence electrons. The van der Waals surface area contributed by atoms with Gasteiger partial charge in [-0.05, 0) is 42.5 Å². The van der Waals surface area contributed by atoms with Crippen LogP contribution in [0.25, 0.3) is 0 Å². The van der Waals surface area contributed by atoms with Crippen molar-refractivity contribution in [3.63, 3.8) is 0 Å². The Balaban J connectivity index is 1.77. The molecule has 3 aromatic rings. The predicted molar refractivity (Wildman–Crippen MR) is 102 cm³/mol. The van der Waals surface area contributed by atoms with Crippen molar-refractivity contribution in [2.45, 2.75) is 0 Å². The molecule has 0 atom stereocenters. The molecule has 0 aromatic heterocycles. The smallest absolute Gasteiger partial charge is 0.255 e. The van der Waals surface area contributed by atoms with E-state index in [9.17, 15) is 18.4 Å². The van der Waals surface area contributed by atoms with Crippen molar-refractivity contribution in [2.75, 3.05) is 17.7 Å². The Morgan fingerprint density at radius 2 is 1.36 bits per heavy atom. The molecule has 28 heavy (non-hydrogen) atoms. The SMILES string of the molecule is COc1cccc(NC(=O)c2cccc(C(=O)Nc3c(F)cccc3F)c2)c1. The second-order valence-electron chi connectivity index (χ2n) is 5.82. The quantitative estimate of drug-likeness (QED) is 0.684. The molecule has 0 fully saturated rings. The maximum Gasteiger partial charge on any atom is 0.255 e. The number of hydrogen-bond donors (Lipinski definition) is 2. The topological polar surface area (TPSA) is 67.4 Å². The number of amides is 2. The Morgan fingerprint density at radius 1 is 0.786 bits per heavy atom. The van der Waals surface area contributed by atoms with Gasteiger partial charge in [0.05, 0.1) is 7.11 Å². The summed E-state index contributed by atoms with van der Waals surface area (Å²) in [5.41, 5.74) is 0.275. The molecule has 0 aliphatic carbocycles. The summed E-state index contributed by atoms with van der Waals surface area (Å²) in [5, 5.41) is 4.88. The third kappa shape index (κ3) is 4.32. The fourth-order valence-electron chi connectivity index (χ4n) is 2.51. The molecule has 0 aliphatic rings. The lowest BCUT2D eigenvalue weighted by atomic mass is 10.1. The van der Waals surface area contributed by atoms with Crippen molar-refractivity contribution < 1.29 is 23.1 Å². The van der Waals surface area contributed by atoms with Crippen molar-refractivity contribution >= 4 is 23.2 Å². The van der Waals surface area contributed by atoms with Gasteiger partial charge in [0.15, 0.2) is 0 Å². The van der Waals surface area contributed by atoms with E-state index < -0.39 is 29.1 Å². The standard InChI is InChI=1S/C21H16F2N2O3/c1-28-16-8-3-7-15(12-16)24-20(26)13-5-2-6-14(11-13)21(27)25-19-17(22)9-4-10-18(19)23/h2-12H,1H3,(H,24,26)(H,25,27). The summed E-state index contributed by atoms with van der Waals surface area (Å²) in [6.07, 6.45) is 0.